The Kier molecular flexibility index (Phi) is 28.2. The van der Waals surface area contributed by atoms with E-state index in [1.165, 1.54) is 0 Å². The van der Waals surface area contributed by atoms with Gasteiger partial charge in [-0.3, -0.25) is 4.79 Å². The summed E-state index contributed by atoms with van der Waals surface area (Å²) in [7, 11) is 1.63. The van der Waals surface area contributed by atoms with E-state index in [1.807, 2.05) is 0 Å². The van der Waals surface area contributed by atoms with Crippen molar-refractivity contribution in [1.29, 1.82) is 0 Å². The lowest BCUT2D eigenvalue weighted by Crippen LogP contribution is -2.41. The Labute approximate surface area is 261 Å². The molecule has 0 saturated carbocycles. The Balaban J connectivity index is 3.49. The van der Waals surface area contributed by atoms with Crippen molar-refractivity contribution < 1.29 is 62.1 Å². The van der Waals surface area contributed by atoms with Crippen molar-refractivity contribution in [3.05, 3.63) is 0 Å². The third-order valence-corrected chi connectivity index (χ3v) is 5.36. The summed E-state index contributed by atoms with van der Waals surface area (Å²) in [6.07, 6.45) is 0.834. The lowest BCUT2D eigenvalue weighted by Gasteiger charge is -2.19. The van der Waals surface area contributed by atoms with E-state index >= 15 is 0 Å². The van der Waals surface area contributed by atoms with Crippen molar-refractivity contribution in [2.24, 2.45) is 0 Å². The van der Waals surface area contributed by atoms with Gasteiger partial charge in [0.05, 0.1) is 99.1 Å². The molecule has 15 nitrogen and oxygen atoms in total. The minimum atomic E-state index is -1.11. The third-order valence-electron chi connectivity index (χ3n) is 5.36. The summed E-state index contributed by atoms with van der Waals surface area (Å²) < 4.78 is 47.7. The monoisotopic (exact) mass is 640 g/mol. The van der Waals surface area contributed by atoms with E-state index in [4.69, 9.17) is 42.6 Å². The molecule has 0 aromatic carbocycles. The average molecular weight is 641 g/mol. The van der Waals surface area contributed by atoms with Crippen LogP contribution in [0.15, 0.2) is 0 Å². The highest BCUT2D eigenvalue weighted by Crippen LogP contribution is 2.07. The molecule has 1 unspecified atom stereocenters. The summed E-state index contributed by atoms with van der Waals surface area (Å²) in [5, 5.41) is 14.5. The fourth-order valence-electron chi connectivity index (χ4n) is 3.23. The number of carboxylic acids is 1. The first kappa shape index (κ1) is 41.9. The minimum Gasteiger partial charge on any atom is -0.480 e. The number of hydrogen-bond donors (Lipinski definition) is 3. The maximum atomic E-state index is 12.1. The van der Waals surface area contributed by atoms with Gasteiger partial charge in [-0.2, -0.15) is 0 Å². The van der Waals surface area contributed by atoms with Gasteiger partial charge in [0, 0.05) is 20.1 Å². The van der Waals surface area contributed by atoms with Crippen molar-refractivity contribution in [3.63, 3.8) is 0 Å². The van der Waals surface area contributed by atoms with Gasteiger partial charge in [-0.1, -0.05) is 0 Å². The molecule has 0 fully saturated rings. The molecule has 0 radical (unpaired) electrons. The zero-order valence-corrected chi connectivity index (χ0v) is 27.1. The van der Waals surface area contributed by atoms with Gasteiger partial charge in [-0.25, -0.2) is 9.59 Å². The van der Waals surface area contributed by atoms with E-state index in [9.17, 15) is 19.5 Å². The van der Waals surface area contributed by atoms with E-state index in [2.05, 4.69) is 10.6 Å². The highest BCUT2D eigenvalue weighted by Gasteiger charge is 2.19. The Morgan fingerprint density at radius 1 is 0.636 bits per heavy atom. The molecule has 0 aliphatic heterocycles. The van der Waals surface area contributed by atoms with Crippen LogP contribution in [-0.4, -0.2) is 147 Å². The SMILES string of the molecule is COCCOCCOCCOCCOCCOCCOCCOCCC(=O)NC(CCCCNC(=O)OC(C)(C)C)C(=O)O. The number of aliphatic carboxylic acids is 1. The second-order valence-electron chi connectivity index (χ2n) is 10.4. The van der Waals surface area contributed by atoms with Crippen LogP contribution in [0.25, 0.3) is 0 Å². The fourth-order valence-corrected chi connectivity index (χ4v) is 3.23. The molecular formula is C29H56N2O13. The Morgan fingerprint density at radius 2 is 1.05 bits per heavy atom. The minimum absolute atomic E-state index is 0.0387. The number of carboxylic acid groups (broad SMARTS) is 1. The number of alkyl carbamates (subject to hydrolysis) is 1. The maximum Gasteiger partial charge on any atom is 0.407 e. The molecule has 0 saturated heterocycles. The number of rotatable bonds is 31. The Morgan fingerprint density at radius 3 is 1.43 bits per heavy atom. The van der Waals surface area contributed by atoms with Gasteiger partial charge < -0.3 is 58.4 Å². The predicted octanol–water partition coefficient (Wildman–Crippen LogP) is 1.40. The summed E-state index contributed by atoms with van der Waals surface area (Å²) in [6, 6.07) is -1.00. The maximum absolute atomic E-state index is 12.1. The van der Waals surface area contributed by atoms with Crippen molar-refractivity contribution in [2.75, 3.05) is 113 Å². The second-order valence-corrected chi connectivity index (χ2v) is 10.4. The van der Waals surface area contributed by atoms with Crippen LogP contribution in [0.5, 0.6) is 0 Å². The van der Waals surface area contributed by atoms with E-state index in [1.54, 1.807) is 27.9 Å². The first-order chi connectivity index (χ1) is 21.2. The lowest BCUT2D eigenvalue weighted by atomic mass is 10.1. The van der Waals surface area contributed by atoms with Gasteiger partial charge in [0.25, 0.3) is 0 Å². The Hall–Kier alpha value is -2.11. The number of ether oxygens (including phenoxy) is 9. The molecule has 0 aromatic rings. The van der Waals surface area contributed by atoms with Gasteiger partial charge in [0.15, 0.2) is 0 Å². The quantitative estimate of drug-likeness (QED) is 0.0927. The molecule has 1 atom stereocenters. The normalized spacial score (nSPS) is 12.2. The molecular weight excluding hydrogens is 584 g/mol. The van der Waals surface area contributed by atoms with Crippen LogP contribution in [0.1, 0.15) is 46.5 Å². The van der Waals surface area contributed by atoms with Crippen LogP contribution in [0, 0.1) is 0 Å². The topological polar surface area (TPSA) is 179 Å². The van der Waals surface area contributed by atoms with E-state index in [0.717, 1.165) is 0 Å². The van der Waals surface area contributed by atoms with Crippen LogP contribution in [0.4, 0.5) is 4.79 Å². The number of unbranched alkanes of at least 4 members (excludes halogenated alkanes) is 1. The van der Waals surface area contributed by atoms with Crippen LogP contribution in [-0.2, 0) is 52.2 Å². The first-order valence-electron chi connectivity index (χ1n) is 15.2. The summed E-state index contributed by atoms with van der Waals surface area (Å²) in [5.74, 6) is -1.51. The van der Waals surface area contributed by atoms with Crippen molar-refractivity contribution in [3.8, 4) is 0 Å². The molecule has 44 heavy (non-hydrogen) atoms. The molecule has 0 bridgehead atoms. The largest absolute Gasteiger partial charge is 0.480 e. The molecule has 260 valence electrons. The van der Waals surface area contributed by atoms with Gasteiger partial charge in [-0.05, 0) is 40.0 Å². The molecule has 0 rings (SSSR count). The highest BCUT2D eigenvalue weighted by molar-refractivity contribution is 5.83. The summed E-state index contributed by atoms with van der Waals surface area (Å²) >= 11 is 0. The molecule has 0 aromatic heterocycles. The zero-order valence-electron chi connectivity index (χ0n) is 27.1. The zero-order chi connectivity index (χ0) is 32.7. The lowest BCUT2D eigenvalue weighted by molar-refractivity contribution is -0.142. The average Bonchev–Trinajstić information content (AvgIpc) is 2.95. The number of nitrogens with one attached hydrogen (secondary N) is 2. The standard InChI is InChI=1S/C29H56N2O13/c1-29(2,3)44-28(35)30-9-6-5-7-25(27(33)34)31-26(32)8-10-37-13-14-39-17-18-41-21-22-43-24-23-42-20-19-40-16-15-38-12-11-36-4/h25H,5-24H2,1-4H3,(H,30,35)(H,31,32)(H,33,34). The summed E-state index contributed by atoms with van der Waals surface area (Å²) in [4.78, 5) is 35.2. The molecule has 0 aliphatic carbocycles. The van der Waals surface area contributed by atoms with Crippen molar-refractivity contribution >= 4 is 18.0 Å². The smallest absolute Gasteiger partial charge is 0.407 e. The van der Waals surface area contributed by atoms with Crippen LogP contribution in [0.2, 0.25) is 0 Å². The van der Waals surface area contributed by atoms with Gasteiger partial charge in [0.1, 0.15) is 11.6 Å². The number of carbonyl (C=O) groups excluding carboxylic acids is 2. The van der Waals surface area contributed by atoms with Gasteiger partial charge in [-0.15, -0.1) is 0 Å². The number of amides is 2. The first-order valence-corrected chi connectivity index (χ1v) is 15.2. The van der Waals surface area contributed by atoms with Crippen LogP contribution < -0.4 is 10.6 Å². The fraction of sp³-hybridized carbons (Fsp3) is 0.897. The highest BCUT2D eigenvalue weighted by atomic mass is 16.6. The van der Waals surface area contributed by atoms with Gasteiger partial charge >= 0.3 is 12.1 Å². The van der Waals surface area contributed by atoms with E-state index < -0.39 is 29.6 Å². The molecule has 0 spiro atoms. The van der Waals surface area contributed by atoms with Crippen molar-refractivity contribution in [1.82, 2.24) is 10.6 Å². The molecule has 2 amide bonds. The molecule has 0 heterocycles. The number of carbonyl (C=O) groups is 3. The molecule has 3 N–H and O–H groups in total. The van der Waals surface area contributed by atoms with E-state index in [-0.39, 0.29) is 19.4 Å². The van der Waals surface area contributed by atoms with E-state index in [0.29, 0.717) is 112 Å². The predicted molar refractivity (Wildman–Crippen MR) is 160 cm³/mol. The van der Waals surface area contributed by atoms with Crippen molar-refractivity contribution in [2.45, 2.75) is 58.1 Å². The number of methoxy groups -OCH3 is 1. The molecule has 0 aliphatic rings. The molecule has 15 heteroatoms. The van der Waals surface area contributed by atoms with Crippen LogP contribution >= 0.6 is 0 Å². The summed E-state index contributed by atoms with van der Waals surface area (Å²) in [6.45, 7) is 12.3. The second kappa shape index (κ2) is 29.6. The third kappa shape index (κ3) is 31.3. The Bertz CT molecular complexity index is 707. The summed E-state index contributed by atoms with van der Waals surface area (Å²) in [5.41, 5.74) is -0.583. The van der Waals surface area contributed by atoms with Crippen LogP contribution in [0.3, 0.4) is 0 Å². The van der Waals surface area contributed by atoms with Gasteiger partial charge in [0.2, 0.25) is 5.91 Å². The number of hydrogen-bond acceptors (Lipinski definition) is 12.